The first-order chi connectivity index (χ1) is 17.5. The topological polar surface area (TPSA) is 140 Å². The Morgan fingerprint density at radius 2 is 1.32 bits per heavy atom. The molecular formula is C26H28N2O9. The van der Waals surface area contributed by atoms with Gasteiger partial charge in [0.15, 0.2) is 0 Å². The zero-order valence-corrected chi connectivity index (χ0v) is 20.8. The van der Waals surface area contributed by atoms with E-state index in [-0.39, 0.29) is 29.5 Å². The Balaban J connectivity index is 1.93. The summed E-state index contributed by atoms with van der Waals surface area (Å²) in [5.41, 5.74) is -1.02. The van der Waals surface area contributed by atoms with Crippen LogP contribution in [0.25, 0.3) is 0 Å². The quantitative estimate of drug-likeness (QED) is 0.497. The molecule has 1 N–H and O–H groups in total. The Hall–Kier alpha value is -4.25. The first-order valence-electron chi connectivity index (χ1n) is 11.5. The van der Waals surface area contributed by atoms with E-state index in [4.69, 9.17) is 14.3 Å². The smallest absolute Gasteiger partial charge is 0.371 e. The number of benzene rings is 2. The maximum Gasteiger partial charge on any atom is 0.371 e. The van der Waals surface area contributed by atoms with Gasteiger partial charge < -0.3 is 24.3 Å². The first-order valence-corrected chi connectivity index (χ1v) is 11.5. The second kappa shape index (κ2) is 11.2. The average molecular weight is 513 g/mol. The SMILES string of the molecule is CC(C)[C@]1(C)N(OC(=O)C(OC(=O)c2ccccc2)C(OC(=O)c2ccccc2)C(=O)O)CC(=O)N1C. The summed E-state index contributed by atoms with van der Waals surface area (Å²) in [6.45, 7) is 4.98. The number of amides is 1. The molecule has 0 spiro atoms. The summed E-state index contributed by atoms with van der Waals surface area (Å²) in [7, 11) is 1.55. The van der Waals surface area contributed by atoms with Gasteiger partial charge in [-0.15, -0.1) is 5.06 Å². The van der Waals surface area contributed by atoms with Gasteiger partial charge in [0, 0.05) is 7.05 Å². The van der Waals surface area contributed by atoms with Crippen LogP contribution in [-0.4, -0.2) is 76.3 Å². The summed E-state index contributed by atoms with van der Waals surface area (Å²) in [4.78, 5) is 70.1. The van der Waals surface area contributed by atoms with Crippen molar-refractivity contribution in [3.63, 3.8) is 0 Å². The minimum absolute atomic E-state index is 0.0226. The molecule has 0 aromatic heterocycles. The first kappa shape index (κ1) is 27.3. The molecule has 3 rings (SSSR count). The molecule has 0 aliphatic carbocycles. The number of ether oxygens (including phenoxy) is 2. The van der Waals surface area contributed by atoms with Crippen LogP contribution in [-0.2, 0) is 28.7 Å². The number of hydrogen-bond acceptors (Lipinski definition) is 9. The molecule has 1 amide bonds. The van der Waals surface area contributed by atoms with Crippen molar-refractivity contribution in [1.82, 2.24) is 9.96 Å². The van der Waals surface area contributed by atoms with Crippen molar-refractivity contribution in [3.05, 3.63) is 71.8 Å². The molecule has 2 aromatic carbocycles. The normalized spacial score (nSPS) is 19.3. The highest BCUT2D eigenvalue weighted by Crippen LogP contribution is 2.33. The maximum atomic E-state index is 13.3. The monoisotopic (exact) mass is 512 g/mol. The number of nitrogens with zero attached hydrogens (tertiary/aromatic N) is 2. The van der Waals surface area contributed by atoms with E-state index in [0.717, 1.165) is 5.06 Å². The van der Waals surface area contributed by atoms with Gasteiger partial charge in [-0.25, -0.2) is 19.2 Å². The summed E-state index contributed by atoms with van der Waals surface area (Å²) in [5.74, 6) is -5.71. The molecule has 0 radical (unpaired) electrons. The molecule has 196 valence electrons. The highest BCUT2D eigenvalue weighted by atomic mass is 16.7. The molecule has 1 aliphatic rings. The highest BCUT2D eigenvalue weighted by Gasteiger charge is 2.52. The van der Waals surface area contributed by atoms with Gasteiger partial charge in [0.2, 0.25) is 18.1 Å². The molecule has 0 saturated carbocycles. The number of esters is 2. The van der Waals surface area contributed by atoms with Gasteiger partial charge in [0.1, 0.15) is 12.2 Å². The van der Waals surface area contributed by atoms with Gasteiger partial charge in [-0.3, -0.25) is 4.79 Å². The molecule has 3 atom stereocenters. The molecular weight excluding hydrogens is 484 g/mol. The Kier molecular flexibility index (Phi) is 8.28. The zero-order chi connectivity index (χ0) is 27.3. The third kappa shape index (κ3) is 5.78. The zero-order valence-electron chi connectivity index (χ0n) is 20.8. The number of hydrogen-bond donors (Lipinski definition) is 1. The fraction of sp³-hybridized carbons (Fsp3) is 0.346. The van der Waals surface area contributed by atoms with Gasteiger partial charge in [-0.05, 0) is 37.1 Å². The van der Waals surface area contributed by atoms with Crippen LogP contribution in [0.4, 0.5) is 0 Å². The molecule has 11 nitrogen and oxygen atoms in total. The van der Waals surface area contributed by atoms with Gasteiger partial charge in [0.05, 0.1) is 11.1 Å². The number of likely N-dealkylation sites (N-methyl/N-ethyl adjacent to an activating group) is 1. The van der Waals surface area contributed by atoms with E-state index >= 15 is 0 Å². The number of carboxylic acid groups (broad SMARTS) is 1. The van der Waals surface area contributed by atoms with Crippen LogP contribution in [0.3, 0.4) is 0 Å². The van der Waals surface area contributed by atoms with Crippen LogP contribution in [0.5, 0.6) is 0 Å². The predicted molar refractivity (Wildman–Crippen MR) is 128 cm³/mol. The van der Waals surface area contributed by atoms with E-state index in [1.807, 2.05) is 13.8 Å². The molecule has 2 aromatic rings. The lowest BCUT2D eigenvalue weighted by Crippen LogP contribution is -2.56. The summed E-state index contributed by atoms with van der Waals surface area (Å²) in [6, 6.07) is 15.1. The standard InChI is InChI=1S/C26H28N2O9/c1-16(2)26(3)27(4)19(29)15-28(26)37-25(34)21(36-24(33)18-13-9-6-10-14-18)20(22(30)31)35-23(32)17-11-7-5-8-12-17/h5-14,16,20-21H,15H2,1-4H3,(H,30,31)/t20?,21?,26-/m0/s1. The van der Waals surface area contributed by atoms with E-state index in [1.54, 1.807) is 50.4 Å². The minimum atomic E-state index is -2.24. The number of carbonyl (C=O) groups is 5. The third-order valence-electron chi connectivity index (χ3n) is 6.37. The second-order valence-corrected chi connectivity index (χ2v) is 8.87. The van der Waals surface area contributed by atoms with Gasteiger partial charge in [0.25, 0.3) is 0 Å². The molecule has 37 heavy (non-hydrogen) atoms. The van der Waals surface area contributed by atoms with Gasteiger partial charge >= 0.3 is 23.9 Å². The fourth-order valence-electron chi connectivity index (χ4n) is 3.76. The van der Waals surface area contributed by atoms with Crippen molar-refractivity contribution < 1.29 is 43.4 Å². The Bertz CT molecular complexity index is 1170. The Morgan fingerprint density at radius 1 is 0.865 bits per heavy atom. The van der Waals surface area contributed by atoms with E-state index < -0.39 is 41.7 Å². The number of aliphatic carboxylic acids is 1. The van der Waals surface area contributed by atoms with E-state index in [1.165, 1.54) is 29.2 Å². The summed E-state index contributed by atoms with van der Waals surface area (Å²) in [5, 5.41) is 11.0. The van der Waals surface area contributed by atoms with Crippen LogP contribution in [0.1, 0.15) is 41.5 Å². The van der Waals surface area contributed by atoms with Crippen molar-refractivity contribution in [2.45, 2.75) is 38.6 Å². The molecule has 1 saturated heterocycles. The second-order valence-electron chi connectivity index (χ2n) is 8.87. The Labute approximate surface area is 213 Å². The average Bonchev–Trinajstić information content (AvgIpc) is 3.10. The number of hydroxylamine groups is 2. The lowest BCUT2D eigenvalue weighted by molar-refractivity contribution is -0.240. The molecule has 11 heteroatoms. The van der Waals surface area contributed by atoms with Gasteiger partial charge in [-0.1, -0.05) is 50.2 Å². The minimum Gasteiger partial charge on any atom is -0.478 e. The van der Waals surface area contributed by atoms with Crippen molar-refractivity contribution >= 4 is 29.8 Å². The fourth-order valence-corrected chi connectivity index (χ4v) is 3.76. The van der Waals surface area contributed by atoms with Crippen molar-refractivity contribution in [2.75, 3.05) is 13.6 Å². The molecule has 1 aliphatic heterocycles. The molecule has 0 bridgehead atoms. The summed E-state index contributed by atoms with van der Waals surface area (Å²) in [6.07, 6.45) is -4.43. The molecule has 1 heterocycles. The highest BCUT2D eigenvalue weighted by molar-refractivity contribution is 5.95. The van der Waals surface area contributed by atoms with Crippen molar-refractivity contribution in [2.24, 2.45) is 5.92 Å². The molecule has 1 fully saturated rings. The predicted octanol–water partition coefficient (Wildman–Crippen LogP) is 2.13. The number of carboxylic acids is 1. The van der Waals surface area contributed by atoms with Crippen LogP contribution < -0.4 is 0 Å². The lowest BCUT2D eigenvalue weighted by atomic mass is 9.98. The van der Waals surface area contributed by atoms with Crippen LogP contribution in [0.15, 0.2) is 60.7 Å². The van der Waals surface area contributed by atoms with E-state index in [9.17, 15) is 29.1 Å². The Morgan fingerprint density at radius 3 is 1.76 bits per heavy atom. The largest absolute Gasteiger partial charge is 0.478 e. The maximum absolute atomic E-state index is 13.3. The number of carbonyl (C=O) groups excluding carboxylic acids is 4. The lowest BCUT2D eigenvalue weighted by Gasteiger charge is -2.41. The number of rotatable bonds is 9. The van der Waals surface area contributed by atoms with E-state index in [0.29, 0.717) is 0 Å². The van der Waals surface area contributed by atoms with Gasteiger partial charge in [-0.2, -0.15) is 0 Å². The van der Waals surface area contributed by atoms with E-state index in [2.05, 4.69) is 0 Å². The third-order valence-corrected chi connectivity index (χ3v) is 6.37. The summed E-state index contributed by atoms with van der Waals surface area (Å²) < 4.78 is 10.4. The van der Waals surface area contributed by atoms with Crippen molar-refractivity contribution in [3.8, 4) is 0 Å². The van der Waals surface area contributed by atoms with Crippen molar-refractivity contribution in [1.29, 1.82) is 0 Å². The summed E-state index contributed by atoms with van der Waals surface area (Å²) >= 11 is 0. The molecule has 2 unspecified atom stereocenters. The van der Waals surface area contributed by atoms with Crippen LogP contribution in [0.2, 0.25) is 0 Å². The van der Waals surface area contributed by atoms with Crippen LogP contribution in [0, 0.1) is 5.92 Å². The van der Waals surface area contributed by atoms with Crippen LogP contribution >= 0.6 is 0 Å².